The molecule has 0 amide bonds. The Labute approximate surface area is 169 Å². The van der Waals surface area contributed by atoms with Crippen LogP contribution in [0.15, 0.2) is 84.9 Å². The molecule has 0 aliphatic carbocycles. The molecule has 0 atom stereocenters. The zero-order valence-electron chi connectivity index (χ0n) is 16.4. The van der Waals surface area contributed by atoms with Gasteiger partial charge in [0.25, 0.3) is 0 Å². The summed E-state index contributed by atoms with van der Waals surface area (Å²) in [4.78, 5) is 0. The number of aromatic nitrogens is 4. The molecule has 0 N–H and O–H groups in total. The fourth-order valence-electron chi connectivity index (χ4n) is 3.67. The van der Waals surface area contributed by atoms with Crippen LogP contribution in [-0.4, -0.2) is 20.0 Å². The SMILES string of the molecule is Cc1ccc(-c2nnc(C)c3c(-c4ccccc4)n(-c4ccccc4)nc23)cc1. The average Bonchev–Trinajstić information content (AvgIpc) is 3.18. The highest BCUT2D eigenvalue weighted by Crippen LogP contribution is 2.36. The standard InChI is InChI=1S/C25H20N4/c1-17-13-15-19(16-14-17)23-24-22(18(2)26-27-23)25(20-9-5-3-6-10-20)29(28-24)21-11-7-4-8-12-21/h3-16H,1-2H3. The smallest absolute Gasteiger partial charge is 0.123 e. The predicted octanol–water partition coefficient (Wildman–Crippen LogP) is 5.77. The van der Waals surface area contributed by atoms with Crippen LogP contribution in [-0.2, 0) is 0 Å². The second-order valence-electron chi connectivity index (χ2n) is 7.19. The van der Waals surface area contributed by atoms with Gasteiger partial charge in [0, 0.05) is 11.1 Å². The van der Waals surface area contributed by atoms with Crippen molar-refractivity contribution in [2.24, 2.45) is 0 Å². The van der Waals surface area contributed by atoms with Crippen LogP contribution in [0.25, 0.3) is 39.1 Å². The van der Waals surface area contributed by atoms with Crippen LogP contribution in [0.3, 0.4) is 0 Å². The molecule has 4 heteroatoms. The van der Waals surface area contributed by atoms with Crippen LogP contribution in [0.4, 0.5) is 0 Å². The van der Waals surface area contributed by atoms with Gasteiger partial charge in [0.05, 0.1) is 22.5 Å². The van der Waals surface area contributed by atoms with Crippen molar-refractivity contribution in [2.45, 2.75) is 13.8 Å². The van der Waals surface area contributed by atoms with E-state index in [9.17, 15) is 0 Å². The highest BCUT2D eigenvalue weighted by atomic mass is 15.3. The van der Waals surface area contributed by atoms with Crippen molar-refractivity contribution in [1.29, 1.82) is 0 Å². The largest absolute Gasteiger partial charge is 0.232 e. The Hall–Kier alpha value is -3.79. The van der Waals surface area contributed by atoms with Crippen molar-refractivity contribution in [3.63, 3.8) is 0 Å². The molecular formula is C25H20N4. The van der Waals surface area contributed by atoms with Gasteiger partial charge in [-0.2, -0.15) is 10.2 Å². The summed E-state index contributed by atoms with van der Waals surface area (Å²) in [6.45, 7) is 4.08. The molecule has 140 valence electrons. The van der Waals surface area contributed by atoms with Crippen LogP contribution in [0.5, 0.6) is 0 Å². The Morgan fingerprint density at radius 3 is 2.00 bits per heavy atom. The fourth-order valence-corrected chi connectivity index (χ4v) is 3.67. The highest BCUT2D eigenvalue weighted by Gasteiger charge is 2.21. The Bertz CT molecular complexity index is 1290. The second kappa shape index (κ2) is 6.99. The van der Waals surface area contributed by atoms with E-state index in [0.717, 1.165) is 44.8 Å². The third-order valence-corrected chi connectivity index (χ3v) is 5.14. The molecule has 0 saturated carbocycles. The molecule has 0 fully saturated rings. The first kappa shape index (κ1) is 17.3. The van der Waals surface area contributed by atoms with Crippen molar-refractivity contribution in [1.82, 2.24) is 20.0 Å². The van der Waals surface area contributed by atoms with Gasteiger partial charge in [0.15, 0.2) is 0 Å². The molecule has 29 heavy (non-hydrogen) atoms. The van der Waals surface area contributed by atoms with E-state index in [1.165, 1.54) is 5.56 Å². The molecule has 0 radical (unpaired) electrons. The van der Waals surface area contributed by atoms with Gasteiger partial charge in [-0.1, -0.05) is 78.4 Å². The van der Waals surface area contributed by atoms with Crippen molar-refractivity contribution in [3.05, 3.63) is 96.2 Å². The quantitative estimate of drug-likeness (QED) is 0.402. The van der Waals surface area contributed by atoms with Crippen LogP contribution in [0.1, 0.15) is 11.3 Å². The van der Waals surface area contributed by atoms with Gasteiger partial charge in [-0.25, -0.2) is 4.68 Å². The van der Waals surface area contributed by atoms with E-state index in [0.29, 0.717) is 0 Å². The molecule has 2 aromatic heterocycles. The Morgan fingerprint density at radius 1 is 0.655 bits per heavy atom. The maximum atomic E-state index is 5.03. The lowest BCUT2D eigenvalue weighted by molar-refractivity contribution is 0.902. The average molecular weight is 376 g/mol. The number of aryl methyl sites for hydroxylation is 2. The lowest BCUT2D eigenvalue weighted by atomic mass is 10.0. The number of hydrogen-bond donors (Lipinski definition) is 0. The van der Waals surface area contributed by atoms with Gasteiger partial charge in [0.1, 0.15) is 11.2 Å². The van der Waals surface area contributed by atoms with E-state index < -0.39 is 0 Å². The molecular weight excluding hydrogens is 356 g/mol. The first-order valence-corrected chi connectivity index (χ1v) is 9.66. The van der Waals surface area contributed by atoms with Crippen LogP contribution in [0, 0.1) is 13.8 Å². The molecule has 2 heterocycles. The monoisotopic (exact) mass is 376 g/mol. The molecule has 5 rings (SSSR count). The minimum atomic E-state index is 0.803. The molecule has 0 aliphatic rings. The molecule has 3 aromatic carbocycles. The molecule has 0 spiro atoms. The van der Waals surface area contributed by atoms with Gasteiger partial charge in [-0.05, 0) is 26.0 Å². The van der Waals surface area contributed by atoms with Gasteiger partial charge in [-0.3, -0.25) is 0 Å². The van der Waals surface area contributed by atoms with E-state index in [4.69, 9.17) is 5.10 Å². The number of hydrogen-bond acceptors (Lipinski definition) is 3. The van der Waals surface area contributed by atoms with Crippen LogP contribution in [0.2, 0.25) is 0 Å². The van der Waals surface area contributed by atoms with E-state index in [2.05, 4.69) is 65.7 Å². The first-order chi connectivity index (χ1) is 14.2. The molecule has 0 aliphatic heterocycles. The van der Waals surface area contributed by atoms with Crippen LogP contribution >= 0.6 is 0 Å². The second-order valence-corrected chi connectivity index (χ2v) is 7.19. The zero-order valence-corrected chi connectivity index (χ0v) is 16.4. The lowest BCUT2D eigenvalue weighted by Crippen LogP contribution is -1.98. The Morgan fingerprint density at radius 2 is 1.31 bits per heavy atom. The van der Waals surface area contributed by atoms with E-state index >= 15 is 0 Å². The summed E-state index contributed by atoms with van der Waals surface area (Å²) in [5.74, 6) is 0. The number of para-hydroxylation sites is 1. The number of nitrogens with zero attached hydrogens (tertiary/aromatic N) is 4. The summed E-state index contributed by atoms with van der Waals surface area (Å²) in [6, 6.07) is 28.9. The molecule has 5 aromatic rings. The van der Waals surface area contributed by atoms with E-state index in [1.54, 1.807) is 0 Å². The lowest BCUT2D eigenvalue weighted by Gasteiger charge is -2.08. The Balaban J connectivity index is 1.88. The van der Waals surface area contributed by atoms with Crippen molar-refractivity contribution in [2.75, 3.05) is 0 Å². The summed E-state index contributed by atoms with van der Waals surface area (Å²) < 4.78 is 2.01. The van der Waals surface area contributed by atoms with Gasteiger partial charge in [0.2, 0.25) is 0 Å². The first-order valence-electron chi connectivity index (χ1n) is 9.66. The Kier molecular flexibility index (Phi) is 4.17. The summed E-state index contributed by atoms with van der Waals surface area (Å²) >= 11 is 0. The number of rotatable bonds is 3. The van der Waals surface area contributed by atoms with Crippen LogP contribution < -0.4 is 0 Å². The van der Waals surface area contributed by atoms with E-state index in [-0.39, 0.29) is 0 Å². The molecule has 4 nitrogen and oxygen atoms in total. The van der Waals surface area contributed by atoms with Crippen molar-refractivity contribution in [3.8, 4) is 28.2 Å². The number of benzene rings is 3. The maximum Gasteiger partial charge on any atom is 0.123 e. The van der Waals surface area contributed by atoms with Gasteiger partial charge >= 0.3 is 0 Å². The van der Waals surface area contributed by atoms with Crippen molar-refractivity contribution >= 4 is 10.9 Å². The van der Waals surface area contributed by atoms with Crippen molar-refractivity contribution < 1.29 is 0 Å². The van der Waals surface area contributed by atoms with Gasteiger partial charge in [-0.15, -0.1) is 5.10 Å². The highest BCUT2D eigenvalue weighted by molar-refractivity contribution is 6.01. The topological polar surface area (TPSA) is 43.6 Å². The minimum absolute atomic E-state index is 0.803. The number of fused-ring (bicyclic) bond motifs is 1. The predicted molar refractivity (Wildman–Crippen MR) is 117 cm³/mol. The van der Waals surface area contributed by atoms with Gasteiger partial charge < -0.3 is 0 Å². The molecule has 0 bridgehead atoms. The fraction of sp³-hybridized carbons (Fsp3) is 0.0800. The summed E-state index contributed by atoms with van der Waals surface area (Å²) in [5, 5.41) is 15.1. The van der Waals surface area contributed by atoms with E-state index in [1.807, 2.05) is 48.0 Å². The maximum absolute atomic E-state index is 5.03. The third kappa shape index (κ3) is 2.99. The zero-order chi connectivity index (χ0) is 19.8. The normalized spacial score (nSPS) is 11.1. The summed E-state index contributed by atoms with van der Waals surface area (Å²) in [6.07, 6.45) is 0. The summed E-state index contributed by atoms with van der Waals surface area (Å²) in [5.41, 5.74) is 7.92. The third-order valence-electron chi connectivity index (χ3n) is 5.14. The summed E-state index contributed by atoms with van der Waals surface area (Å²) in [7, 11) is 0. The minimum Gasteiger partial charge on any atom is -0.232 e. The molecule has 0 unspecified atom stereocenters. The molecule has 0 saturated heterocycles.